The van der Waals surface area contributed by atoms with E-state index in [4.69, 9.17) is 5.73 Å². The third kappa shape index (κ3) is 7.99. The Morgan fingerprint density at radius 3 is 2.27 bits per heavy atom. The maximum absolute atomic E-state index is 6.02. The average molecular weight is 436 g/mol. The van der Waals surface area contributed by atoms with Crippen molar-refractivity contribution < 1.29 is 45.9 Å². The fourth-order valence-electron chi connectivity index (χ4n) is 1.85. The van der Waals surface area contributed by atoms with Crippen LogP contribution in [-0.4, -0.2) is 18.1 Å². The summed E-state index contributed by atoms with van der Waals surface area (Å²) in [6.45, 7) is 4.45. The van der Waals surface area contributed by atoms with Crippen molar-refractivity contribution in [3.05, 3.63) is 0 Å². The number of nitrogens with two attached hydrogens (primary N) is 1. The van der Waals surface area contributed by atoms with Crippen LogP contribution in [0.25, 0.3) is 0 Å². The smallest absolute Gasteiger partial charge is 1.00 e. The fraction of sp³-hybridized carbons (Fsp3) is 1.00. The summed E-state index contributed by atoms with van der Waals surface area (Å²) in [6.07, 6.45) is 6.34. The summed E-state index contributed by atoms with van der Waals surface area (Å²) >= 11 is 0. The molecule has 3 atom stereocenters. The van der Waals surface area contributed by atoms with Crippen molar-refractivity contribution in [2.45, 2.75) is 64.1 Å². The molecule has 96 valence electrons. The average Bonchev–Trinajstić information content (AvgIpc) is 2.09. The summed E-state index contributed by atoms with van der Waals surface area (Å²) in [5.74, 6) is 0. The summed E-state index contributed by atoms with van der Waals surface area (Å²) in [5, 5.41) is 3.59. The number of nitrogens with one attached hydrogen (secondary N) is 1. The Balaban J connectivity index is -0.000000480. The van der Waals surface area contributed by atoms with Gasteiger partial charge in [0.1, 0.15) is 0 Å². The van der Waals surface area contributed by atoms with Crippen LogP contribution in [-0.2, 0) is 21.1 Å². The molecule has 0 aromatic heterocycles. The van der Waals surface area contributed by atoms with Crippen molar-refractivity contribution in [2.75, 3.05) is 0 Å². The first kappa shape index (κ1) is 21.5. The van der Waals surface area contributed by atoms with E-state index in [9.17, 15) is 0 Å². The van der Waals surface area contributed by atoms with E-state index < -0.39 is 0 Å². The molecule has 3 N–H and O–H groups in total. The Morgan fingerprint density at radius 1 is 1.27 bits per heavy atom. The molecule has 1 fully saturated rings. The van der Waals surface area contributed by atoms with Crippen LogP contribution in [0.2, 0.25) is 0 Å². The van der Waals surface area contributed by atoms with E-state index in [-0.39, 0.29) is 45.9 Å². The molecular formula is C10H22Cl2N2Pt. The van der Waals surface area contributed by atoms with Crippen LogP contribution in [0.5, 0.6) is 0 Å². The number of rotatable bonds is 3. The van der Waals surface area contributed by atoms with E-state index in [0.29, 0.717) is 18.1 Å². The molecule has 1 saturated carbocycles. The first-order chi connectivity index (χ1) is 5.74. The van der Waals surface area contributed by atoms with Gasteiger partial charge >= 0.3 is 21.1 Å². The van der Waals surface area contributed by atoms with E-state index in [1.165, 1.54) is 32.1 Å². The number of halogens is 2. The molecule has 1 unspecified atom stereocenters. The largest absolute Gasteiger partial charge is 2.00 e. The van der Waals surface area contributed by atoms with Gasteiger partial charge < -0.3 is 35.9 Å². The van der Waals surface area contributed by atoms with Crippen molar-refractivity contribution in [3.8, 4) is 0 Å². The second-order valence-corrected chi connectivity index (χ2v) is 4.03. The summed E-state index contributed by atoms with van der Waals surface area (Å²) in [4.78, 5) is 0. The van der Waals surface area contributed by atoms with Crippen molar-refractivity contribution in [1.29, 1.82) is 0 Å². The number of hydrogen-bond donors (Lipinski definition) is 2. The molecule has 15 heavy (non-hydrogen) atoms. The zero-order chi connectivity index (χ0) is 8.97. The van der Waals surface area contributed by atoms with Crippen LogP contribution < -0.4 is 35.9 Å². The molecule has 1 aliphatic carbocycles. The van der Waals surface area contributed by atoms with Gasteiger partial charge in [0.25, 0.3) is 0 Å². The van der Waals surface area contributed by atoms with Gasteiger partial charge in [-0.3, -0.25) is 0 Å². The van der Waals surface area contributed by atoms with Gasteiger partial charge in [-0.1, -0.05) is 19.8 Å². The number of hydrogen-bond acceptors (Lipinski definition) is 2. The maximum atomic E-state index is 6.02. The zero-order valence-electron chi connectivity index (χ0n) is 9.42. The van der Waals surface area contributed by atoms with Gasteiger partial charge in [-0.25, -0.2) is 0 Å². The maximum Gasteiger partial charge on any atom is 2.00 e. The van der Waals surface area contributed by atoms with E-state index >= 15 is 0 Å². The summed E-state index contributed by atoms with van der Waals surface area (Å²) in [7, 11) is 0. The minimum Gasteiger partial charge on any atom is -1.00 e. The second-order valence-electron chi connectivity index (χ2n) is 4.03. The van der Waals surface area contributed by atoms with E-state index in [1.807, 2.05) is 0 Å². The van der Waals surface area contributed by atoms with Gasteiger partial charge in [-0.05, 0) is 26.2 Å². The van der Waals surface area contributed by atoms with Crippen molar-refractivity contribution in [2.24, 2.45) is 5.73 Å². The first-order valence-corrected chi connectivity index (χ1v) is 5.25. The molecule has 0 amide bonds. The molecular weight excluding hydrogens is 414 g/mol. The standard InChI is InChI=1S/C10H22N2.2ClH.Pt/c1-3-8(2)12-10-7-5-4-6-9(10)11;;;/h8-10,12H,3-7,11H2,1-2H3;2*1H;/q;;;+2/p-2/t8?,9-,10-;;;/m1.../s1. The molecule has 1 aliphatic rings. The minimum atomic E-state index is 0. The Kier molecular flexibility index (Phi) is 16.7. The molecule has 0 saturated heterocycles. The van der Waals surface area contributed by atoms with Crippen LogP contribution in [0.15, 0.2) is 0 Å². The molecule has 0 radical (unpaired) electrons. The Hall–Kier alpha value is 1.19. The molecule has 1 rings (SSSR count). The first-order valence-electron chi connectivity index (χ1n) is 5.25. The molecule has 0 heterocycles. The normalized spacial score (nSPS) is 26.6. The third-order valence-corrected chi connectivity index (χ3v) is 2.93. The van der Waals surface area contributed by atoms with Crippen LogP contribution in [0.1, 0.15) is 46.0 Å². The van der Waals surface area contributed by atoms with Gasteiger partial charge in [-0.2, -0.15) is 0 Å². The molecule has 0 aromatic carbocycles. The monoisotopic (exact) mass is 435 g/mol. The fourth-order valence-corrected chi connectivity index (χ4v) is 1.85. The van der Waals surface area contributed by atoms with Gasteiger partial charge in [-0.15, -0.1) is 0 Å². The zero-order valence-corrected chi connectivity index (χ0v) is 13.2. The van der Waals surface area contributed by atoms with Crippen molar-refractivity contribution in [3.63, 3.8) is 0 Å². The second kappa shape index (κ2) is 11.7. The van der Waals surface area contributed by atoms with Crippen molar-refractivity contribution in [1.82, 2.24) is 5.32 Å². The van der Waals surface area contributed by atoms with Crippen LogP contribution >= 0.6 is 0 Å². The third-order valence-electron chi connectivity index (χ3n) is 2.93. The quantitative estimate of drug-likeness (QED) is 0.470. The van der Waals surface area contributed by atoms with Gasteiger partial charge in [0.2, 0.25) is 0 Å². The predicted molar refractivity (Wildman–Crippen MR) is 53.1 cm³/mol. The molecule has 0 bridgehead atoms. The minimum absolute atomic E-state index is 0. The molecule has 0 aromatic rings. The molecule has 0 aliphatic heterocycles. The Morgan fingerprint density at radius 2 is 1.80 bits per heavy atom. The van der Waals surface area contributed by atoms with Crippen LogP contribution in [0.4, 0.5) is 0 Å². The predicted octanol–water partition coefficient (Wildman–Crippen LogP) is -4.35. The summed E-state index contributed by atoms with van der Waals surface area (Å²) in [5.41, 5.74) is 6.02. The SMILES string of the molecule is CCC(C)N[C@@H]1CCCC[C@H]1N.[Cl-].[Cl-].[Pt+2]. The molecule has 5 heteroatoms. The van der Waals surface area contributed by atoms with E-state index in [0.717, 1.165) is 0 Å². The van der Waals surface area contributed by atoms with Gasteiger partial charge in [0.15, 0.2) is 0 Å². The molecule has 2 nitrogen and oxygen atoms in total. The van der Waals surface area contributed by atoms with E-state index in [1.54, 1.807) is 0 Å². The molecule has 0 spiro atoms. The van der Waals surface area contributed by atoms with Crippen LogP contribution in [0.3, 0.4) is 0 Å². The summed E-state index contributed by atoms with van der Waals surface area (Å²) in [6, 6.07) is 1.60. The summed E-state index contributed by atoms with van der Waals surface area (Å²) < 4.78 is 0. The topological polar surface area (TPSA) is 38.0 Å². The Labute approximate surface area is 121 Å². The van der Waals surface area contributed by atoms with Gasteiger partial charge in [0.05, 0.1) is 0 Å². The van der Waals surface area contributed by atoms with Crippen LogP contribution in [0, 0.1) is 0 Å². The Bertz CT molecular complexity index is 139. The van der Waals surface area contributed by atoms with Gasteiger partial charge in [0, 0.05) is 18.1 Å². The van der Waals surface area contributed by atoms with E-state index in [2.05, 4.69) is 19.2 Å². The van der Waals surface area contributed by atoms with Crippen molar-refractivity contribution >= 4 is 0 Å².